The lowest BCUT2D eigenvalue weighted by atomic mass is 10.1. The van der Waals surface area contributed by atoms with Crippen LogP contribution in [0.3, 0.4) is 0 Å². The highest BCUT2D eigenvalue weighted by molar-refractivity contribution is 5.59. The van der Waals surface area contributed by atoms with Crippen molar-refractivity contribution in [3.63, 3.8) is 0 Å². The molecule has 1 atom stereocenters. The van der Waals surface area contributed by atoms with Crippen molar-refractivity contribution < 1.29 is 4.79 Å². The molecule has 1 nitrogen and oxygen atoms in total. The fraction of sp³-hybridized carbons (Fsp3) is 0.571. The zero-order chi connectivity index (χ0) is 6.41. The molecule has 0 spiro atoms. The number of carbonyl (C=O) groups excluding carboxylic acids is 1. The summed E-state index contributed by atoms with van der Waals surface area (Å²) in [6.07, 6.45) is 2.60. The Morgan fingerprint density at radius 2 is 2.25 bits per heavy atom. The molecule has 0 aromatic carbocycles. The quantitative estimate of drug-likeness (QED) is 0.486. The van der Waals surface area contributed by atoms with Gasteiger partial charge in [-0.15, -0.1) is 5.92 Å². The Bertz CT molecular complexity index is 116. The predicted molar refractivity (Wildman–Crippen MR) is 32.9 cm³/mol. The van der Waals surface area contributed by atoms with Crippen LogP contribution in [-0.2, 0) is 4.79 Å². The molecule has 0 heterocycles. The maximum Gasteiger partial charge on any atom is 0.214 e. The topological polar surface area (TPSA) is 17.1 Å². The van der Waals surface area contributed by atoms with Gasteiger partial charge in [0, 0.05) is 0 Å². The molecule has 0 bridgehead atoms. The minimum atomic E-state index is -0.167. The SMILES string of the molecule is CC#CC([C]=O)CC. The third-order valence-corrected chi connectivity index (χ3v) is 0.869. The molecule has 0 aliphatic heterocycles. The monoisotopic (exact) mass is 109 g/mol. The minimum absolute atomic E-state index is 0.167. The average Bonchev–Trinajstić information content (AvgIpc) is 1.83. The molecule has 0 aliphatic carbocycles. The van der Waals surface area contributed by atoms with Crippen LogP contribution in [0.4, 0.5) is 0 Å². The summed E-state index contributed by atoms with van der Waals surface area (Å²) in [7, 11) is 0. The fourth-order valence-corrected chi connectivity index (χ4v) is 0.389. The minimum Gasteiger partial charge on any atom is -0.289 e. The summed E-state index contributed by atoms with van der Waals surface area (Å²) in [4.78, 5) is 9.90. The maximum absolute atomic E-state index is 9.90. The van der Waals surface area contributed by atoms with Gasteiger partial charge in [-0.3, -0.25) is 4.79 Å². The van der Waals surface area contributed by atoms with Gasteiger partial charge in [-0.05, 0) is 13.3 Å². The van der Waals surface area contributed by atoms with Gasteiger partial charge in [-0.1, -0.05) is 12.8 Å². The Balaban J connectivity index is 3.64. The molecule has 0 N–H and O–H groups in total. The molecule has 0 aromatic heterocycles. The largest absolute Gasteiger partial charge is 0.289 e. The molecular weight excluding hydrogens is 100 g/mol. The van der Waals surface area contributed by atoms with Crippen LogP contribution >= 0.6 is 0 Å². The zero-order valence-corrected chi connectivity index (χ0v) is 5.19. The molecule has 0 rings (SSSR count). The first-order valence-corrected chi connectivity index (χ1v) is 2.65. The summed E-state index contributed by atoms with van der Waals surface area (Å²) in [5.74, 6) is 5.20. The van der Waals surface area contributed by atoms with E-state index in [0.717, 1.165) is 6.42 Å². The molecule has 1 radical (unpaired) electrons. The summed E-state index contributed by atoms with van der Waals surface area (Å²) >= 11 is 0. The summed E-state index contributed by atoms with van der Waals surface area (Å²) in [5, 5.41) is 0. The third-order valence-electron chi connectivity index (χ3n) is 0.869. The van der Waals surface area contributed by atoms with E-state index >= 15 is 0 Å². The first-order chi connectivity index (χ1) is 3.85. The highest BCUT2D eigenvalue weighted by atomic mass is 16.1. The van der Waals surface area contributed by atoms with E-state index in [9.17, 15) is 4.79 Å². The van der Waals surface area contributed by atoms with Crippen LogP contribution < -0.4 is 0 Å². The maximum atomic E-state index is 9.90. The Morgan fingerprint density at radius 3 is 2.38 bits per heavy atom. The van der Waals surface area contributed by atoms with E-state index in [1.54, 1.807) is 6.92 Å². The molecule has 0 fully saturated rings. The van der Waals surface area contributed by atoms with Crippen molar-refractivity contribution in [2.24, 2.45) is 5.92 Å². The predicted octanol–water partition coefficient (Wildman–Crippen LogP) is 1.15. The summed E-state index contributed by atoms with van der Waals surface area (Å²) in [6.45, 7) is 3.64. The summed E-state index contributed by atoms with van der Waals surface area (Å²) in [6, 6.07) is 0. The van der Waals surface area contributed by atoms with E-state index < -0.39 is 0 Å². The van der Waals surface area contributed by atoms with Crippen LogP contribution in [-0.4, -0.2) is 6.29 Å². The van der Waals surface area contributed by atoms with Crippen molar-refractivity contribution >= 4 is 6.29 Å². The number of hydrogen-bond donors (Lipinski definition) is 0. The molecule has 0 amide bonds. The average molecular weight is 109 g/mol. The van der Waals surface area contributed by atoms with E-state index in [4.69, 9.17) is 0 Å². The first kappa shape index (κ1) is 7.23. The molecule has 1 heteroatoms. The zero-order valence-electron chi connectivity index (χ0n) is 5.19. The fourth-order valence-electron chi connectivity index (χ4n) is 0.389. The molecule has 0 aliphatic rings. The molecule has 0 aromatic rings. The summed E-state index contributed by atoms with van der Waals surface area (Å²) in [5.41, 5.74) is 0. The van der Waals surface area contributed by atoms with Gasteiger partial charge in [0.25, 0.3) is 0 Å². The van der Waals surface area contributed by atoms with Crippen LogP contribution in [0.15, 0.2) is 0 Å². The van der Waals surface area contributed by atoms with Crippen LogP contribution in [0.1, 0.15) is 20.3 Å². The van der Waals surface area contributed by atoms with Gasteiger partial charge in [0.2, 0.25) is 6.29 Å². The second-order valence-electron chi connectivity index (χ2n) is 1.47. The molecule has 1 unspecified atom stereocenters. The second kappa shape index (κ2) is 4.39. The van der Waals surface area contributed by atoms with Crippen molar-refractivity contribution in [2.45, 2.75) is 20.3 Å². The Morgan fingerprint density at radius 1 is 1.62 bits per heavy atom. The van der Waals surface area contributed by atoms with Gasteiger partial charge in [-0.25, -0.2) is 0 Å². The van der Waals surface area contributed by atoms with E-state index in [0.29, 0.717) is 0 Å². The van der Waals surface area contributed by atoms with Gasteiger partial charge >= 0.3 is 0 Å². The van der Waals surface area contributed by atoms with E-state index in [1.165, 1.54) is 0 Å². The first-order valence-electron chi connectivity index (χ1n) is 2.65. The lowest BCUT2D eigenvalue weighted by molar-refractivity contribution is 0.538. The molecular formula is C7H9O. The van der Waals surface area contributed by atoms with Crippen molar-refractivity contribution in [1.82, 2.24) is 0 Å². The Kier molecular flexibility index (Phi) is 3.97. The molecule has 43 valence electrons. The van der Waals surface area contributed by atoms with Crippen LogP contribution in [0.25, 0.3) is 0 Å². The van der Waals surface area contributed by atoms with Crippen molar-refractivity contribution in [3.8, 4) is 11.8 Å². The lowest BCUT2D eigenvalue weighted by Crippen LogP contribution is -1.93. The van der Waals surface area contributed by atoms with Crippen molar-refractivity contribution in [2.75, 3.05) is 0 Å². The summed E-state index contributed by atoms with van der Waals surface area (Å²) < 4.78 is 0. The van der Waals surface area contributed by atoms with Gasteiger partial charge in [0.15, 0.2) is 0 Å². The van der Waals surface area contributed by atoms with Crippen LogP contribution in [0, 0.1) is 17.8 Å². The van der Waals surface area contributed by atoms with Gasteiger partial charge < -0.3 is 0 Å². The van der Waals surface area contributed by atoms with E-state index in [2.05, 4.69) is 11.8 Å². The highest BCUT2D eigenvalue weighted by Gasteiger charge is 1.96. The van der Waals surface area contributed by atoms with E-state index in [1.807, 2.05) is 13.2 Å². The molecule has 8 heavy (non-hydrogen) atoms. The Labute approximate surface area is 50.1 Å². The Hall–Kier alpha value is -0.770. The van der Waals surface area contributed by atoms with Crippen molar-refractivity contribution in [1.29, 1.82) is 0 Å². The smallest absolute Gasteiger partial charge is 0.214 e. The standard InChI is InChI=1S/C7H9O/c1-3-5-7(4-2)6-8/h7H,4H2,1-2H3. The number of hydrogen-bond acceptors (Lipinski definition) is 1. The van der Waals surface area contributed by atoms with Gasteiger partial charge in [0.1, 0.15) is 0 Å². The van der Waals surface area contributed by atoms with Crippen LogP contribution in [0.5, 0.6) is 0 Å². The van der Waals surface area contributed by atoms with Gasteiger partial charge in [-0.2, -0.15) is 0 Å². The molecule has 0 saturated carbocycles. The third kappa shape index (κ3) is 2.41. The lowest BCUT2D eigenvalue weighted by Gasteiger charge is -1.89. The van der Waals surface area contributed by atoms with E-state index in [-0.39, 0.29) is 5.92 Å². The molecule has 0 saturated heterocycles. The highest BCUT2D eigenvalue weighted by Crippen LogP contribution is 1.93. The number of rotatable bonds is 2. The second-order valence-corrected chi connectivity index (χ2v) is 1.47. The van der Waals surface area contributed by atoms with Crippen LogP contribution in [0.2, 0.25) is 0 Å². The van der Waals surface area contributed by atoms with Gasteiger partial charge in [0.05, 0.1) is 5.92 Å². The van der Waals surface area contributed by atoms with Crippen molar-refractivity contribution in [3.05, 3.63) is 0 Å². The normalized spacial score (nSPS) is 11.2.